The third kappa shape index (κ3) is 2.23. The fourth-order valence-corrected chi connectivity index (χ4v) is 1.75. The Bertz CT molecular complexity index is 378. The van der Waals surface area contributed by atoms with Crippen LogP contribution in [0.2, 0.25) is 0 Å². The number of hydrogen-bond acceptors (Lipinski definition) is 2. The van der Waals surface area contributed by atoms with E-state index in [1.54, 1.807) is 0 Å². The van der Waals surface area contributed by atoms with Crippen LogP contribution in [0.25, 0.3) is 0 Å². The van der Waals surface area contributed by atoms with Crippen molar-refractivity contribution in [1.82, 2.24) is 9.40 Å². The van der Waals surface area contributed by atoms with Crippen LogP contribution < -0.4 is 0 Å². The highest BCUT2D eigenvalue weighted by molar-refractivity contribution is 6.13. The van der Waals surface area contributed by atoms with Crippen LogP contribution in [0, 0.1) is 0 Å². The molecule has 82 valence electrons. The third-order valence-corrected chi connectivity index (χ3v) is 2.58. The van der Waals surface area contributed by atoms with E-state index in [0.29, 0.717) is 25.2 Å². The maximum absolute atomic E-state index is 12.3. The molecular weight excluding hydrogens is 229 g/mol. The van der Waals surface area contributed by atoms with E-state index >= 15 is 0 Å². The molecule has 0 atom stereocenters. The number of nitrogens with zero attached hydrogens (tertiary/aromatic N) is 2. The van der Waals surface area contributed by atoms with Crippen molar-refractivity contribution in [3.05, 3.63) is 29.1 Å². The van der Waals surface area contributed by atoms with Gasteiger partial charge in [-0.25, -0.2) is 9.40 Å². The van der Waals surface area contributed by atoms with E-state index in [1.807, 2.05) is 0 Å². The molecule has 1 aromatic rings. The van der Waals surface area contributed by atoms with Crippen molar-refractivity contribution >= 4 is 11.8 Å². The van der Waals surface area contributed by atoms with E-state index in [2.05, 4.69) is 4.98 Å². The Morgan fingerprint density at radius 3 is 2.73 bits per heavy atom. The van der Waals surface area contributed by atoms with Gasteiger partial charge in [-0.1, -0.05) is 6.07 Å². The second-order valence-corrected chi connectivity index (χ2v) is 3.87. The van der Waals surface area contributed by atoms with Crippen molar-refractivity contribution in [2.75, 3.05) is 6.54 Å². The van der Waals surface area contributed by atoms with Crippen molar-refractivity contribution in [1.29, 1.82) is 0 Å². The van der Waals surface area contributed by atoms with Gasteiger partial charge >= 0.3 is 6.18 Å². The highest BCUT2D eigenvalue weighted by Crippen LogP contribution is 2.29. The van der Waals surface area contributed by atoms with E-state index in [9.17, 15) is 13.2 Å². The van der Waals surface area contributed by atoms with Gasteiger partial charge < -0.3 is 0 Å². The quantitative estimate of drug-likeness (QED) is 0.644. The van der Waals surface area contributed by atoms with Crippen LogP contribution in [0.1, 0.15) is 17.0 Å². The molecule has 2 heterocycles. The number of aromatic nitrogens is 1. The van der Waals surface area contributed by atoms with Crippen molar-refractivity contribution in [3.8, 4) is 0 Å². The maximum Gasteiger partial charge on any atom is 0.433 e. The minimum absolute atomic E-state index is 0.446. The zero-order valence-corrected chi connectivity index (χ0v) is 8.44. The lowest BCUT2D eigenvalue weighted by Gasteiger charge is -2.22. The molecule has 0 bridgehead atoms. The molecule has 0 amide bonds. The summed E-state index contributed by atoms with van der Waals surface area (Å²) in [4.78, 5) is 3.61. The predicted octanol–water partition coefficient (Wildman–Crippen LogP) is 2.61. The fourth-order valence-electron chi connectivity index (χ4n) is 1.54. The highest BCUT2D eigenvalue weighted by atomic mass is 35.5. The number of hydrogen-bond donors (Lipinski definition) is 0. The van der Waals surface area contributed by atoms with Gasteiger partial charge in [0.05, 0.1) is 0 Å². The molecule has 15 heavy (non-hydrogen) atoms. The monoisotopic (exact) mass is 236 g/mol. The number of halogens is 4. The van der Waals surface area contributed by atoms with E-state index < -0.39 is 11.9 Å². The third-order valence-electron chi connectivity index (χ3n) is 2.29. The molecule has 1 aliphatic rings. The molecule has 6 heteroatoms. The first-order chi connectivity index (χ1) is 6.97. The Morgan fingerprint density at radius 1 is 1.33 bits per heavy atom. The smallest absolute Gasteiger partial charge is 0.248 e. The number of alkyl halides is 3. The van der Waals surface area contributed by atoms with Crippen LogP contribution in [0.3, 0.4) is 0 Å². The summed E-state index contributed by atoms with van der Waals surface area (Å²) in [6, 6.07) is 2.44. The summed E-state index contributed by atoms with van der Waals surface area (Å²) < 4.78 is 38.5. The van der Waals surface area contributed by atoms with Crippen LogP contribution in [0.15, 0.2) is 12.1 Å². The van der Waals surface area contributed by atoms with Crippen molar-refractivity contribution in [3.63, 3.8) is 0 Å². The van der Waals surface area contributed by atoms with Gasteiger partial charge in [0.15, 0.2) is 0 Å². The molecule has 1 aliphatic heterocycles. The minimum Gasteiger partial charge on any atom is -0.248 e. The molecule has 0 fully saturated rings. The molecule has 0 aliphatic carbocycles. The second-order valence-electron chi connectivity index (χ2n) is 3.39. The van der Waals surface area contributed by atoms with Gasteiger partial charge in [0.2, 0.25) is 0 Å². The normalized spacial score (nSPS) is 17.6. The number of fused-ring (bicyclic) bond motifs is 1. The van der Waals surface area contributed by atoms with E-state index in [-0.39, 0.29) is 0 Å². The average molecular weight is 237 g/mol. The summed E-state index contributed by atoms with van der Waals surface area (Å²) in [7, 11) is 0. The fraction of sp³-hybridized carbons (Fsp3) is 0.444. The Hall–Kier alpha value is -0.810. The molecule has 2 nitrogen and oxygen atoms in total. The Labute approximate surface area is 89.8 Å². The molecule has 0 saturated heterocycles. The van der Waals surface area contributed by atoms with Gasteiger partial charge in [-0.15, -0.1) is 0 Å². The van der Waals surface area contributed by atoms with Crippen LogP contribution in [0.4, 0.5) is 13.2 Å². The standard InChI is InChI=1S/C9H8ClF3N2/c10-15-4-3-7-6(5-15)1-2-8(14-7)9(11,12)13/h1-2H,3-5H2. The largest absolute Gasteiger partial charge is 0.433 e. The number of rotatable bonds is 0. The van der Waals surface area contributed by atoms with Crippen LogP contribution in [0.5, 0.6) is 0 Å². The first-order valence-electron chi connectivity index (χ1n) is 4.43. The van der Waals surface area contributed by atoms with Gasteiger partial charge in [-0.05, 0) is 23.4 Å². The average Bonchev–Trinajstić information content (AvgIpc) is 2.15. The topological polar surface area (TPSA) is 16.1 Å². The van der Waals surface area contributed by atoms with Gasteiger partial charge in [0, 0.05) is 25.2 Å². The lowest BCUT2D eigenvalue weighted by molar-refractivity contribution is -0.141. The second kappa shape index (κ2) is 3.64. The van der Waals surface area contributed by atoms with Crippen LogP contribution in [-0.4, -0.2) is 15.9 Å². The van der Waals surface area contributed by atoms with Gasteiger partial charge in [0.25, 0.3) is 0 Å². The summed E-state index contributed by atoms with van der Waals surface area (Å²) in [6.45, 7) is 0.977. The molecule has 0 saturated carbocycles. The SMILES string of the molecule is FC(F)(F)c1ccc2c(n1)CCN(Cl)C2. The zero-order chi connectivity index (χ0) is 11.1. The molecule has 0 spiro atoms. The predicted molar refractivity (Wildman–Crippen MR) is 49.2 cm³/mol. The molecule has 0 unspecified atom stereocenters. The number of pyridine rings is 1. The maximum atomic E-state index is 12.3. The van der Waals surface area contributed by atoms with Crippen LogP contribution >= 0.6 is 11.8 Å². The Kier molecular flexibility index (Phi) is 2.60. The summed E-state index contributed by atoms with van der Waals surface area (Å²) in [5.74, 6) is 0. The molecule has 2 rings (SSSR count). The first-order valence-corrected chi connectivity index (χ1v) is 4.77. The van der Waals surface area contributed by atoms with Crippen LogP contribution in [-0.2, 0) is 19.1 Å². The van der Waals surface area contributed by atoms with Crippen molar-refractivity contribution in [2.24, 2.45) is 0 Å². The summed E-state index contributed by atoms with van der Waals surface area (Å²) >= 11 is 5.76. The lowest BCUT2D eigenvalue weighted by atomic mass is 10.1. The van der Waals surface area contributed by atoms with E-state index in [0.717, 1.165) is 11.6 Å². The molecule has 0 N–H and O–H groups in total. The van der Waals surface area contributed by atoms with Crippen molar-refractivity contribution < 1.29 is 13.2 Å². The molecule has 1 aromatic heterocycles. The highest BCUT2D eigenvalue weighted by Gasteiger charge is 2.33. The van der Waals surface area contributed by atoms with E-state index in [1.165, 1.54) is 10.5 Å². The van der Waals surface area contributed by atoms with Gasteiger partial charge in [-0.3, -0.25) is 0 Å². The molecule has 0 aromatic carbocycles. The van der Waals surface area contributed by atoms with Crippen molar-refractivity contribution in [2.45, 2.75) is 19.1 Å². The molecular formula is C9H8ClF3N2. The summed E-state index contributed by atoms with van der Waals surface area (Å²) in [5, 5.41) is 0. The first kappa shape index (κ1) is 10.7. The summed E-state index contributed by atoms with van der Waals surface area (Å²) in [6.07, 6.45) is -3.91. The van der Waals surface area contributed by atoms with E-state index in [4.69, 9.17) is 11.8 Å². The lowest BCUT2D eigenvalue weighted by Crippen LogP contribution is -2.24. The van der Waals surface area contributed by atoms with Gasteiger partial charge in [-0.2, -0.15) is 13.2 Å². The van der Waals surface area contributed by atoms with Gasteiger partial charge in [0.1, 0.15) is 5.69 Å². The molecule has 0 radical (unpaired) electrons. The minimum atomic E-state index is -4.37. The Balaban J connectivity index is 2.35. The summed E-state index contributed by atoms with van der Waals surface area (Å²) in [5.41, 5.74) is 0.440. The Morgan fingerprint density at radius 2 is 2.07 bits per heavy atom. The zero-order valence-electron chi connectivity index (χ0n) is 7.68.